The molecule has 1 aliphatic heterocycles. The number of ether oxygens (including phenoxy) is 1. The zero-order chi connectivity index (χ0) is 12.8. The number of pyridine rings is 1. The topological polar surface area (TPSA) is 13.1 Å². The molecule has 94 valence electrons. The Morgan fingerprint density at radius 3 is 3.05 bits per heavy atom. The summed E-state index contributed by atoms with van der Waals surface area (Å²) in [7, 11) is 0. The van der Waals surface area contributed by atoms with Crippen molar-refractivity contribution < 1.29 is 9.30 Å². The second-order valence-electron chi connectivity index (χ2n) is 5.21. The van der Waals surface area contributed by atoms with Gasteiger partial charge in [0.05, 0.1) is 5.56 Å². The third-order valence-electron chi connectivity index (χ3n) is 4.04. The summed E-state index contributed by atoms with van der Waals surface area (Å²) in [5.74, 6) is 1.04. The molecule has 0 saturated heterocycles. The van der Waals surface area contributed by atoms with Gasteiger partial charge in [0, 0.05) is 18.1 Å². The van der Waals surface area contributed by atoms with Crippen LogP contribution in [-0.4, -0.2) is 0 Å². The minimum Gasteiger partial charge on any atom is -0.435 e. The Hall–Kier alpha value is -2.09. The van der Waals surface area contributed by atoms with Crippen LogP contribution in [0.1, 0.15) is 23.2 Å². The molecule has 0 bridgehead atoms. The number of para-hydroxylation sites is 1. The highest BCUT2D eigenvalue weighted by atomic mass is 16.5. The van der Waals surface area contributed by atoms with Crippen LogP contribution in [0, 0.1) is 6.92 Å². The molecule has 1 aromatic carbocycles. The van der Waals surface area contributed by atoms with Crippen molar-refractivity contribution >= 4 is 6.08 Å². The van der Waals surface area contributed by atoms with Crippen molar-refractivity contribution in [1.82, 2.24) is 0 Å². The van der Waals surface area contributed by atoms with Gasteiger partial charge in [0.15, 0.2) is 5.69 Å². The number of fused-ring (bicyclic) bond motifs is 5. The monoisotopic (exact) mass is 250 g/mol. The maximum atomic E-state index is 5.99. The van der Waals surface area contributed by atoms with Crippen molar-refractivity contribution in [2.75, 3.05) is 0 Å². The summed E-state index contributed by atoms with van der Waals surface area (Å²) >= 11 is 0. The fraction of sp³-hybridized carbons (Fsp3) is 0.235. The van der Waals surface area contributed by atoms with E-state index in [4.69, 9.17) is 4.74 Å². The molecule has 2 heteroatoms. The van der Waals surface area contributed by atoms with Gasteiger partial charge in [-0.2, -0.15) is 4.57 Å². The Morgan fingerprint density at radius 2 is 2.11 bits per heavy atom. The van der Waals surface area contributed by atoms with Crippen LogP contribution in [0.2, 0.25) is 0 Å². The summed E-state index contributed by atoms with van der Waals surface area (Å²) in [4.78, 5) is 0. The lowest BCUT2D eigenvalue weighted by atomic mass is 9.98. The van der Waals surface area contributed by atoms with Gasteiger partial charge in [-0.05, 0) is 31.0 Å². The molecule has 2 heterocycles. The molecule has 2 nitrogen and oxygen atoms in total. The smallest absolute Gasteiger partial charge is 0.292 e. The van der Waals surface area contributed by atoms with Gasteiger partial charge in [-0.1, -0.05) is 24.3 Å². The second-order valence-corrected chi connectivity index (χ2v) is 5.21. The fourth-order valence-corrected chi connectivity index (χ4v) is 3.08. The summed E-state index contributed by atoms with van der Waals surface area (Å²) in [6, 6.07) is 10.8. The van der Waals surface area contributed by atoms with Gasteiger partial charge in [-0.25, -0.2) is 0 Å². The molecule has 0 unspecified atom stereocenters. The van der Waals surface area contributed by atoms with Crippen LogP contribution in [0.25, 0.3) is 17.3 Å². The van der Waals surface area contributed by atoms with Crippen LogP contribution in [0.4, 0.5) is 0 Å². The van der Waals surface area contributed by atoms with Gasteiger partial charge < -0.3 is 4.74 Å². The van der Waals surface area contributed by atoms with Crippen LogP contribution in [-0.2, 0) is 13.2 Å². The van der Waals surface area contributed by atoms with Crippen molar-refractivity contribution in [3.63, 3.8) is 0 Å². The van der Waals surface area contributed by atoms with Gasteiger partial charge in [-0.3, -0.25) is 0 Å². The highest BCUT2D eigenvalue weighted by Gasteiger charge is 2.29. The molecule has 2 aromatic rings. The third kappa shape index (κ3) is 1.53. The van der Waals surface area contributed by atoms with Gasteiger partial charge in [0.25, 0.3) is 6.73 Å². The minimum atomic E-state index is 0.629. The number of hydrogen-bond donors (Lipinski definition) is 0. The zero-order valence-electron chi connectivity index (χ0n) is 11.0. The SMILES string of the molecule is Cc1cccc2c1OC[n+]1c-2ccc2c1CCC=C2. The first-order valence-corrected chi connectivity index (χ1v) is 6.79. The summed E-state index contributed by atoms with van der Waals surface area (Å²) in [6.07, 6.45) is 6.69. The van der Waals surface area contributed by atoms with E-state index in [0.29, 0.717) is 6.73 Å². The Balaban J connectivity index is 1.99. The minimum absolute atomic E-state index is 0.629. The Labute approximate surface area is 113 Å². The van der Waals surface area contributed by atoms with E-state index in [9.17, 15) is 0 Å². The predicted octanol–water partition coefficient (Wildman–Crippen LogP) is 3.26. The highest BCUT2D eigenvalue weighted by molar-refractivity contribution is 5.69. The normalized spacial score (nSPS) is 15.2. The van der Waals surface area contributed by atoms with Crippen LogP contribution < -0.4 is 9.30 Å². The van der Waals surface area contributed by atoms with E-state index in [0.717, 1.165) is 18.6 Å². The van der Waals surface area contributed by atoms with E-state index >= 15 is 0 Å². The van der Waals surface area contributed by atoms with Crippen molar-refractivity contribution in [1.29, 1.82) is 0 Å². The molecule has 0 amide bonds. The third-order valence-corrected chi connectivity index (χ3v) is 4.04. The molecule has 0 fully saturated rings. The molecular formula is C17H16NO+. The van der Waals surface area contributed by atoms with Crippen LogP contribution >= 0.6 is 0 Å². The summed E-state index contributed by atoms with van der Waals surface area (Å²) in [5.41, 5.74) is 6.42. The lowest BCUT2D eigenvalue weighted by molar-refractivity contribution is -0.724. The first-order valence-electron chi connectivity index (χ1n) is 6.79. The summed E-state index contributed by atoms with van der Waals surface area (Å²) in [6.45, 7) is 2.74. The molecule has 0 radical (unpaired) electrons. The first kappa shape index (κ1) is 10.8. The lowest BCUT2D eigenvalue weighted by Crippen LogP contribution is -2.46. The molecule has 0 atom stereocenters. The van der Waals surface area contributed by atoms with E-state index in [2.05, 4.69) is 54.0 Å². The average molecular weight is 250 g/mol. The summed E-state index contributed by atoms with van der Waals surface area (Å²) in [5, 5.41) is 0. The second kappa shape index (κ2) is 3.95. The van der Waals surface area contributed by atoms with Gasteiger partial charge in [0.2, 0.25) is 5.69 Å². The van der Waals surface area contributed by atoms with E-state index in [1.54, 1.807) is 0 Å². The molecule has 0 spiro atoms. The van der Waals surface area contributed by atoms with Crippen LogP contribution in [0.5, 0.6) is 5.75 Å². The number of aryl methyl sites for hydroxylation is 1. The zero-order valence-corrected chi connectivity index (χ0v) is 11.0. The number of nitrogens with zero attached hydrogens (tertiary/aromatic N) is 1. The Bertz CT molecular complexity index is 701. The Kier molecular flexibility index (Phi) is 2.25. The maximum absolute atomic E-state index is 5.99. The summed E-state index contributed by atoms with van der Waals surface area (Å²) < 4.78 is 8.31. The molecular weight excluding hydrogens is 234 g/mol. The predicted molar refractivity (Wildman–Crippen MR) is 74.8 cm³/mol. The maximum Gasteiger partial charge on any atom is 0.292 e. The van der Waals surface area contributed by atoms with E-state index in [1.807, 2.05) is 0 Å². The van der Waals surface area contributed by atoms with Crippen LogP contribution in [0.3, 0.4) is 0 Å². The molecule has 2 aliphatic rings. The number of hydrogen-bond acceptors (Lipinski definition) is 1. The molecule has 4 rings (SSSR count). The molecule has 1 aliphatic carbocycles. The van der Waals surface area contributed by atoms with E-state index in [1.165, 1.54) is 28.1 Å². The standard InChI is InChI=1S/C17H16NO/c1-12-5-4-7-14-16-10-9-13-6-2-3-8-15(13)18(16)11-19-17(12)14/h2,4-7,9-10H,3,8,11H2,1H3/q+1. The van der Waals surface area contributed by atoms with Crippen molar-refractivity contribution in [2.45, 2.75) is 26.5 Å². The van der Waals surface area contributed by atoms with Crippen LogP contribution in [0.15, 0.2) is 36.4 Å². The van der Waals surface area contributed by atoms with E-state index in [-0.39, 0.29) is 0 Å². The van der Waals surface area contributed by atoms with E-state index < -0.39 is 0 Å². The fourth-order valence-electron chi connectivity index (χ4n) is 3.08. The van der Waals surface area contributed by atoms with Crippen molar-refractivity contribution in [2.24, 2.45) is 0 Å². The van der Waals surface area contributed by atoms with Crippen molar-refractivity contribution in [3.05, 3.63) is 53.2 Å². The molecule has 1 aromatic heterocycles. The largest absolute Gasteiger partial charge is 0.435 e. The van der Waals surface area contributed by atoms with Gasteiger partial charge >= 0.3 is 0 Å². The number of allylic oxidation sites excluding steroid dienone is 1. The molecule has 19 heavy (non-hydrogen) atoms. The quantitative estimate of drug-likeness (QED) is 0.654. The lowest BCUT2D eigenvalue weighted by Gasteiger charge is -2.20. The first-order chi connectivity index (χ1) is 9.34. The molecule has 0 saturated carbocycles. The Morgan fingerprint density at radius 1 is 1.16 bits per heavy atom. The van der Waals surface area contributed by atoms with Crippen molar-refractivity contribution in [3.8, 4) is 17.0 Å². The van der Waals surface area contributed by atoms with Gasteiger partial charge in [0.1, 0.15) is 5.75 Å². The van der Waals surface area contributed by atoms with Gasteiger partial charge in [-0.15, -0.1) is 0 Å². The number of aromatic nitrogens is 1. The number of rotatable bonds is 0. The number of benzene rings is 1. The highest BCUT2D eigenvalue weighted by Crippen LogP contribution is 2.34. The molecule has 0 N–H and O–H groups in total. The average Bonchev–Trinajstić information content (AvgIpc) is 2.47.